The summed E-state index contributed by atoms with van der Waals surface area (Å²) < 4.78 is 5.25. The first-order valence-corrected chi connectivity index (χ1v) is 7.82. The Hall–Kier alpha value is -2.27. The molecule has 0 atom stereocenters. The predicted octanol–water partition coefficient (Wildman–Crippen LogP) is 4.82. The molecule has 0 aliphatic rings. The number of carbonyl (C=O) groups excluding carboxylic acids is 1. The molecule has 0 aliphatic heterocycles. The fourth-order valence-electron chi connectivity index (χ4n) is 2.15. The molecule has 0 bridgehead atoms. The van der Waals surface area contributed by atoms with Crippen LogP contribution in [-0.2, 0) is 4.79 Å². The molecule has 5 nitrogen and oxygen atoms in total. The van der Waals surface area contributed by atoms with E-state index in [-0.39, 0.29) is 11.7 Å². The highest BCUT2D eigenvalue weighted by Crippen LogP contribution is 2.32. The van der Waals surface area contributed by atoms with Crippen molar-refractivity contribution in [3.05, 3.63) is 41.1 Å². The third-order valence-corrected chi connectivity index (χ3v) is 3.67. The van der Waals surface area contributed by atoms with Crippen molar-refractivity contribution >= 4 is 29.2 Å². The number of aromatic carboxylic acids is 1. The number of anilines is 1. The van der Waals surface area contributed by atoms with E-state index in [1.807, 2.05) is 0 Å². The summed E-state index contributed by atoms with van der Waals surface area (Å²) in [4.78, 5) is 22.8. The fourth-order valence-corrected chi connectivity index (χ4v) is 2.36. The predicted molar refractivity (Wildman–Crippen MR) is 88.9 cm³/mol. The highest BCUT2D eigenvalue weighted by atomic mass is 35.5. The number of furan rings is 1. The molecule has 0 fully saturated rings. The highest BCUT2D eigenvalue weighted by Gasteiger charge is 2.14. The van der Waals surface area contributed by atoms with Crippen molar-refractivity contribution in [2.45, 2.75) is 32.6 Å². The van der Waals surface area contributed by atoms with Crippen LogP contribution in [0, 0.1) is 0 Å². The summed E-state index contributed by atoms with van der Waals surface area (Å²) >= 11 is 6.14. The molecule has 6 heteroatoms. The van der Waals surface area contributed by atoms with Crippen molar-refractivity contribution in [3.8, 4) is 11.3 Å². The Kier molecular flexibility index (Phi) is 5.82. The SMILES string of the molecule is CCCCCC(=O)Nc1ccc(Cl)c(-c2ccc(C(=O)O)o2)c1. The van der Waals surface area contributed by atoms with Gasteiger partial charge in [0.25, 0.3) is 0 Å². The molecule has 122 valence electrons. The van der Waals surface area contributed by atoms with Crippen LogP contribution < -0.4 is 5.32 Å². The summed E-state index contributed by atoms with van der Waals surface area (Å²) in [6, 6.07) is 7.91. The second-order valence-corrected chi connectivity index (χ2v) is 5.58. The molecule has 0 unspecified atom stereocenters. The van der Waals surface area contributed by atoms with E-state index in [2.05, 4.69) is 12.2 Å². The number of hydrogen-bond acceptors (Lipinski definition) is 3. The van der Waals surface area contributed by atoms with E-state index in [1.54, 1.807) is 18.2 Å². The lowest BCUT2D eigenvalue weighted by Gasteiger charge is -2.08. The van der Waals surface area contributed by atoms with E-state index in [0.29, 0.717) is 28.5 Å². The normalized spacial score (nSPS) is 10.5. The second-order valence-electron chi connectivity index (χ2n) is 5.17. The van der Waals surface area contributed by atoms with E-state index in [0.717, 1.165) is 19.3 Å². The first-order chi connectivity index (χ1) is 11.0. The van der Waals surface area contributed by atoms with E-state index in [9.17, 15) is 9.59 Å². The van der Waals surface area contributed by atoms with Crippen molar-refractivity contribution in [2.75, 3.05) is 5.32 Å². The lowest BCUT2D eigenvalue weighted by atomic mass is 10.1. The maximum absolute atomic E-state index is 11.9. The summed E-state index contributed by atoms with van der Waals surface area (Å²) in [5, 5.41) is 12.1. The van der Waals surface area contributed by atoms with Crippen molar-refractivity contribution < 1.29 is 19.1 Å². The van der Waals surface area contributed by atoms with Crippen molar-refractivity contribution in [2.24, 2.45) is 0 Å². The Labute approximate surface area is 139 Å². The van der Waals surface area contributed by atoms with E-state index in [1.165, 1.54) is 12.1 Å². The van der Waals surface area contributed by atoms with Crippen LogP contribution in [0.2, 0.25) is 5.02 Å². The highest BCUT2D eigenvalue weighted by molar-refractivity contribution is 6.33. The summed E-state index contributed by atoms with van der Waals surface area (Å²) in [7, 11) is 0. The molecular formula is C17H18ClNO4. The largest absolute Gasteiger partial charge is 0.475 e. The van der Waals surface area contributed by atoms with Gasteiger partial charge in [0.2, 0.25) is 11.7 Å². The number of hydrogen-bond donors (Lipinski definition) is 2. The molecule has 2 N–H and O–H groups in total. The molecule has 0 saturated heterocycles. The molecule has 1 amide bonds. The topological polar surface area (TPSA) is 79.5 Å². The van der Waals surface area contributed by atoms with Crippen molar-refractivity contribution in [1.82, 2.24) is 0 Å². The summed E-state index contributed by atoms with van der Waals surface area (Å²) in [5.41, 5.74) is 1.13. The molecule has 1 aromatic carbocycles. The van der Waals surface area contributed by atoms with Gasteiger partial charge in [0.15, 0.2) is 0 Å². The zero-order valence-electron chi connectivity index (χ0n) is 12.8. The van der Waals surface area contributed by atoms with Gasteiger partial charge < -0.3 is 14.8 Å². The van der Waals surface area contributed by atoms with Crippen molar-refractivity contribution in [1.29, 1.82) is 0 Å². The number of carboxylic acids is 1. The zero-order valence-corrected chi connectivity index (χ0v) is 13.5. The molecule has 2 aromatic rings. The number of carboxylic acid groups (broad SMARTS) is 1. The van der Waals surface area contributed by atoms with Crippen LogP contribution in [0.25, 0.3) is 11.3 Å². The molecule has 0 saturated carbocycles. The molecule has 2 rings (SSSR count). The van der Waals surface area contributed by atoms with E-state index in [4.69, 9.17) is 21.1 Å². The van der Waals surface area contributed by atoms with Crippen LogP contribution in [0.5, 0.6) is 0 Å². The Morgan fingerprint density at radius 3 is 2.65 bits per heavy atom. The number of halogens is 1. The summed E-state index contributed by atoms with van der Waals surface area (Å²) in [6.45, 7) is 2.08. The number of nitrogens with one attached hydrogen (secondary N) is 1. The van der Waals surface area contributed by atoms with Crippen LogP contribution >= 0.6 is 11.6 Å². The Balaban J connectivity index is 2.15. The first kappa shape index (κ1) is 17.1. The van der Waals surface area contributed by atoms with Gasteiger partial charge in [0.1, 0.15) is 5.76 Å². The Bertz CT molecular complexity index is 708. The standard InChI is InChI=1S/C17H18ClNO4/c1-2-3-4-5-16(20)19-11-6-7-13(18)12(10-11)14-8-9-15(23-14)17(21)22/h6-10H,2-5H2,1H3,(H,19,20)(H,21,22). The summed E-state index contributed by atoms with van der Waals surface area (Å²) in [6.07, 6.45) is 3.39. The molecule has 1 aromatic heterocycles. The van der Waals surface area contributed by atoms with Crippen LogP contribution in [0.4, 0.5) is 5.69 Å². The molecular weight excluding hydrogens is 318 g/mol. The quantitative estimate of drug-likeness (QED) is 0.711. The monoisotopic (exact) mass is 335 g/mol. The third kappa shape index (κ3) is 4.60. The van der Waals surface area contributed by atoms with Gasteiger partial charge in [0, 0.05) is 17.7 Å². The van der Waals surface area contributed by atoms with Crippen LogP contribution in [0.3, 0.4) is 0 Å². The average Bonchev–Trinajstić information content (AvgIpc) is 2.99. The number of unbranched alkanes of at least 4 members (excludes halogenated alkanes) is 2. The molecule has 0 aliphatic carbocycles. The lowest BCUT2D eigenvalue weighted by Crippen LogP contribution is -2.11. The smallest absolute Gasteiger partial charge is 0.371 e. The van der Waals surface area contributed by atoms with E-state index < -0.39 is 5.97 Å². The third-order valence-electron chi connectivity index (χ3n) is 3.34. The number of rotatable bonds is 7. The lowest BCUT2D eigenvalue weighted by molar-refractivity contribution is -0.116. The van der Waals surface area contributed by atoms with Crippen LogP contribution in [0.1, 0.15) is 43.2 Å². The second kappa shape index (κ2) is 7.83. The van der Waals surface area contributed by atoms with Gasteiger partial charge in [-0.25, -0.2) is 4.79 Å². The Morgan fingerprint density at radius 2 is 2.00 bits per heavy atom. The Morgan fingerprint density at radius 1 is 1.22 bits per heavy atom. The van der Waals surface area contributed by atoms with Gasteiger partial charge in [-0.2, -0.15) is 0 Å². The maximum Gasteiger partial charge on any atom is 0.371 e. The number of benzene rings is 1. The van der Waals surface area contributed by atoms with Gasteiger partial charge in [0.05, 0.1) is 5.02 Å². The number of carbonyl (C=O) groups is 2. The van der Waals surface area contributed by atoms with Gasteiger partial charge in [-0.05, 0) is 36.8 Å². The molecule has 0 radical (unpaired) electrons. The minimum absolute atomic E-state index is 0.0580. The fraction of sp³-hybridized carbons (Fsp3) is 0.294. The summed E-state index contributed by atoms with van der Waals surface area (Å²) in [5.74, 6) is -1.02. The zero-order chi connectivity index (χ0) is 16.8. The molecule has 1 heterocycles. The molecule has 0 spiro atoms. The molecule has 23 heavy (non-hydrogen) atoms. The van der Waals surface area contributed by atoms with Gasteiger partial charge in [-0.1, -0.05) is 31.4 Å². The van der Waals surface area contributed by atoms with Crippen molar-refractivity contribution in [3.63, 3.8) is 0 Å². The van der Waals surface area contributed by atoms with Gasteiger partial charge in [-0.15, -0.1) is 0 Å². The van der Waals surface area contributed by atoms with E-state index >= 15 is 0 Å². The minimum Gasteiger partial charge on any atom is -0.475 e. The van der Waals surface area contributed by atoms with Gasteiger partial charge in [-0.3, -0.25) is 4.79 Å². The average molecular weight is 336 g/mol. The van der Waals surface area contributed by atoms with Gasteiger partial charge >= 0.3 is 5.97 Å². The van der Waals surface area contributed by atoms with Crippen LogP contribution in [-0.4, -0.2) is 17.0 Å². The number of amides is 1. The van der Waals surface area contributed by atoms with Crippen LogP contribution in [0.15, 0.2) is 34.7 Å². The first-order valence-electron chi connectivity index (χ1n) is 7.44. The minimum atomic E-state index is -1.15. The maximum atomic E-state index is 11.9.